The van der Waals surface area contributed by atoms with Gasteiger partial charge in [-0.1, -0.05) is 16.7 Å². The second kappa shape index (κ2) is 14.9. The van der Waals surface area contributed by atoms with Crippen molar-refractivity contribution in [3.8, 4) is 0 Å². The minimum Gasteiger partial charge on any atom is -0.397 e. The van der Waals surface area contributed by atoms with Crippen molar-refractivity contribution in [2.24, 2.45) is 0 Å². The van der Waals surface area contributed by atoms with Crippen molar-refractivity contribution in [1.29, 1.82) is 0 Å². The predicted octanol–water partition coefficient (Wildman–Crippen LogP) is 5.29. The summed E-state index contributed by atoms with van der Waals surface area (Å²) >= 11 is 0. The van der Waals surface area contributed by atoms with E-state index in [0.717, 1.165) is 6.42 Å². The molecule has 1 aromatic rings. The third-order valence-electron chi connectivity index (χ3n) is 3.13. The minimum absolute atomic E-state index is 0. The first-order chi connectivity index (χ1) is 8.11. The van der Waals surface area contributed by atoms with Crippen molar-refractivity contribution in [2.45, 2.75) is 34.1 Å². The molecule has 0 radical (unpaired) electrons. The smallest absolute Gasteiger partial charge is 0.397 e. The normalized spacial score (nSPS) is 12.0. The topological polar surface area (TPSA) is 20.2 Å². The molecule has 0 saturated carbocycles. The molecular weight excluding hydrogens is 339 g/mol. The fourth-order valence-corrected chi connectivity index (χ4v) is 1.96. The first-order valence-electron chi connectivity index (χ1n) is 6.06. The number of allylic oxidation sites excluding steroid dienone is 4. The monoisotopic (exact) mass is 364 g/mol. The van der Waals surface area contributed by atoms with E-state index in [1.807, 2.05) is 12.1 Å². The van der Waals surface area contributed by atoms with Crippen LogP contribution in [0.1, 0.15) is 39.7 Å². The van der Waals surface area contributed by atoms with Gasteiger partial charge in [-0.2, -0.15) is 0 Å². The van der Waals surface area contributed by atoms with Crippen LogP contribution in [0.2, 0.25) is 0 Å². The van der Waals surface area contributed by atoms with Crippen molar-refractivity contribution in [3.05, 3.63) is 60.0 Å². The standard InChI is InChI=1S/C14H15.C2H6O.CH3.2ClH.Ti/c1-10-9-14(12(3)11(10)2)13-7-5-4-6-8-13;1-2-3;;;;/h4-7H,9H2,1-3H3;3H,2H2,1H3;1H3;2*1H;/q-1;;-1;;;+2. The van der Waals surface area contributed by atoms with E-state index in [9.17, 15) is 0 Å². The molecule has 0 fully saturated rings. The molecule has 1 aliphatic rings. The van der Waals surface area contributed by atoms with Gasteiger partial charge in [0.05, 0.1) is 0 Å². The zero-order chi connectivity index (χ0) is 12.8. The Morgan fingerprint density at radius 3 is 1.95 bits per heavy atom. The molecule has 0 atom stereocenters. The van der Waals surface area contributed by atoms with Crippen LogP contribution in [0.15, 0.2) is 41.0 Å². The molecule has 1 N–H and O–H groups in total. The third kappa shape index (κ3) is 8.23. The van der Waals surface area contributed by atoms with Crippen molar-refractivity contribution in [2.75, 3.05) is 6.61 Å². The number of aliphatic hydroxyl groups is 1. The van der Waals surface area contributed by atoms with Crippen molar-refractivity contribution in [3.63, 3.8) is 0 Å². The molecule has 4 heteroatoms. The van der Waals surface area contributed by atoms with E-state index < -0.39 is 0 Å². The van der Waals surface area contributed by atoms with Gasteiger partial charge in [0.2, 0.25) is 0 Å². The number of hydrogen-bond acceptors (Lipinski definition) is 1. The molecule has 0 amide bonds. The van der Waals surface area contributed by atoms with Gasteiger partial charge >= 0.3 is 21.7 Å². The van der Waals surface area contributed by atoms with Gasteiger partial charge in [-0.25, -0.2) is 0 Å². The maximum absolute atomic E-state index is 7.57. The van der Waals surface area contributed by atoms with Crippen LogP contribution >= 0.6 is 24.8 Å². The number of halogens is 2. The Hall–Kier alpha value is -0.0457. The summed E-state index contributed by atoms with van der Waals surface area (Å²) < 4.78 is 0. The molecule has 1 aromatic carbocycles. The van der Waals surface area contributed by atoms with Gasteiger partial charge in [-0.3, -0.25) is 0 Å². The summed E-state index contributed by atoms with van der Waals surface area (Å²) in [4.78, 5) is 0. The largest absolute Gasteiger partial charge is 2.00 e. The molecule has 0 aromatic heterocycles. The molecule has 0 unspecified atom stereocenters. The fourth-order valence-electron chi connectivity index (χ4n) is 1.96. The molecule has 2 rings (SSSR count). The first-order valence-corrected chi connectivity index (χ1v) is 6.06. The van der Waals surface area contributed by atoms with Gasteiger partial charge in [0.1, 0.15) is 0 Å². The van der Waals surface area contributed by atoms with E-state index in [-0.39, 0.29) is 60.6 Å². The van der Waals surface area contributed by atoms with E-state index in [2.05, 4.69) is 39.0 Å². The molecule has 0 bridgehead atoms. The SMILES string of the molecule is CC1=C(C)C(C)=C(c2[c-]cccc2)C1.CCO.Cl.Cl.[CH3-].[Ti+2]. The van der Waals surface area contributed by atoms with Crippen LogP contribution < -0.4 is 0 Å². The molecule has 118 valence electrons. The summed E-state index contributed by atoms with van der Waals surface area (Å²) in [5, 5.41) is 7.57. The van der Waals surface area contributed by atoms with Crippen LogP contribution in [0.5, 0.6) is 0 Å². The maximum atomic E-state index is 7.57. The Kier molecular flexibility index (Phi) is 20.6. The average Bonchev–Trinajstić information content (AvgIpc) is 2.59. The molecule has 0 heterocycles. The second-order valence-corrected chi connectivity index (χ2v) is 4.28. The van der Waals surface area contributed by atoms with Gasteiger partial charge in [0.15, 0.2) is 0 Å². The van der Waals surface area contributed by atoms with Crippen molar-refractivity contribution in [1.82, 2.24) is 0 Å². The van der Waals surface area contributed by atoms with E-state index in [1.165, 1.54) is 27.9 Å². The third-order valence-corrected chi connectivity index (χ3v) is 3.13. The minimum atomic E-state index is 0. The average molecular weight is 365 g/mol. The molecule has 0 aliphatic heterocycles. The Morgan fingerprint density at radius 2 is 1.62 bits per heavy atom. The quantitative estimate of drug-likeness (QED) is 0.530. The van der Waals surface area contributed by atoms with Gasteiger partial charge < -0.3 is 12.5 Å². The Balaban J connectivity index is -0.000000192. The van der Waals surface area contributed by atoms with Crippen LogP contribution in [0.25, 0.3) is 5.57 Å². The van der Waals surface area contributed by atoms with E-state index in [4.69, 9.17) is 5.11 Å². The van der Waals surface area contributed by atoms with Crippen LogP contribution in [0.4, 0.5) is 0 Å². The van der Waals surface area contributed by atoms with E-state index in [0.29, 0.717) is 0 Å². The summed E-state index contributed by atoms with van der Waals surface area (Å²) in [6.07, 6.45) is 1.10. The molecule has 0 saturated heterocycles. The molecule has 0 spiro atoms. The first kappa shape index (κ1) is 29.0. The van der Waals surface area contributed by atoms with Crippen LogP contribution in [0.3, 0.4) is 0 Å². The van der Waals surface area contributed by atoms with Crippen molar-refractivity contribution >= 4 is 30.4 Å². The summed E-state index contributed by atoms with van der Waals surface area (Å²) in [6.45, 7) is 8.57. The zero-order valence-corrected chi connectivity index (χ0v) is 16.7. The summed E-state index contributed by atoms with van der Waals surface area (Å²) in [6, 6.07) is 11.5. The van der Waals surface area contributed by atoms with Gasteiger partial charge in [-0.05, 0) is 34.1 Å². The Labute approximate surface area is 157 Å². The summed E-state index contributed by atoms with van der Waals surface area (Å²) in [7, 11) is 0. The van der Waals surface area contributed by atoms with E-state index in [1.54, 1.807) is 6.92 Å². The fraction of sp³-hybridized carbons (Fsp3) is 0.353. The Morgan fingerprint density at radius 1 is 1.10 bits per heavy atom. The van der Waals surface area contributed by atoms with Gasteiger partial charge in [0.25, 0.3) is 0 Å². The van der Waals surface area contributed by atoms with Gasteiger partial charge in [0, 0.05) is 6.61 Å². The maximum Gasteiger partial charge on any atom is 2.00 e. The van der Waals surface area contributed by atoms with Gasteiger partial charge in [-0.15, -0.1) is 66.3 Å². The van der Waals surface area contributed by atoms with Crippen molar-refractivity contribution < 1.29 is 26.8 Å². The predicted molar refractivity (Wildman–Crippen MR) is 94.5 cm³/mol. The molecule has 21 heavy (non-hydrogen) atoms. The molecule has 1 nitrogen and oxygen atoms in total. The number of rotatable bonds is 1. The zero-order valence-electron chi connectivity index (χ0n) is 13.5. The molecular formula is C17H26Cl2OTi. The van der Waals surface area contributed by atoms with E-state index >= 15 is 0 Å². The summed E-state index contributed by atoms with van der Waals surface area (Å²) in [5.74, 6) is 0. The van der Waals surface area contributed by atoms with Crippen LogP contribution in [-0.2, 0) is 21.7 Å². The Bertz CT molecular complexity index is 439. The summed E-state index contributed by atoms with van der Waals surface area (Å²) in [5.41, 5.74) is 7.08. The second-order valence-electron chi connectivity index (χ2n) is 4.28. The number of aliphatic hydroxyl groups excluding tert-OH is 1. The van der Waals surface area contributed by atoms with Crippen LogP contribution in [-0.4, -0.2) is 11.7 Å². The number of benzene rings is 1. The number of hydrogen-bond donors (Lipinski definition) is 1. The van der Waals surface area contributed by atoms with Crippen LogP contribution in [0, 0.1) is 13.5 Å². The molecule has 1 aliphatic carbocycles.